The van der Waals surface area contributed by atoms with E-state index in [1.54, 1.807) is 60.7 Å². The smallest absolute Gasteiger partial charge is 0.335 e. The summed E-state index contributed by atoms with van der Waals surface area (Å²) in [6.45, 7) is 0.216. The van der Waals surface area contributed by atoms with Gasteiger partial charge < -0.3 is 14.6 Å². The third-order valence-electron chi connectivity index (χ3n) is 4.94. The van der Waals surface area contributed by atoms with E-state index >= 15 is 0 Å². The van der Waals surface area contributed by atoms with E-state index in [-0.39, 0.29) is 17.1 Å². The fourth-order valence-corrected chi connectivity index (χ4v) is 4.28. The number of aromatic carboxylic acids is 1. The number of carbonyl (C=O) groups excluding carboxylic acids is 2. The molecule has 9 heteroatoms. The minimum Gasteiger partial charge on any atom is -0.493 e. The first kappa shape index (κ1) is 23.4. The first-order chi connectivity index (χ1) is 16.4. The van der Waals surface area contributed by atoms with E-state index < -0.39 is 17.1 Å². The molecule has 3 aromatic carbocycles. The van der Waals surface area contributed by atoms with Crippen molar-refractivity contribution in [2.24, 2.45) is 0 Å². The van der Waals surface area contributed by atoms with Gasteiger partial charge in [-0.05, 0) is 71.4 Å². The molecule has 1 aliphatic heterocycles. The van der Waals surface area contributed by atoms with Crippen LogP contribution in [0.3, 0.4) is 0 Å². The molecular formula is C25H18ClNO6S. The van der Waals surface area contributed by atoms with Crippen LogP contribution in [0.4, 0.5) is 10.5 Å². The fraction of sp³-hybridized carbons (Fsp3) is 0.0800. The van der Waals surface area contributed by atoms with Crippen LogP contribution in [0.5, 0.6) is 11.5 Å². The number of anilines is 1. The molecule has 0 atom stereocenters. The standard InChI is InChI=1S/C25H18ClNO6S/c1-32-21-11-16(7-10-20(21)33-14-15-5-8-17(9-6-15)24(29)30)12-22-23(28)27(25(31)34-22)19-4-2-3-18(26)13-19/h2-13H,14H2,1H3,(H,29,30). The van der Waals surface area contributed by atoms with Crippen molar-refractivity contribution in [3.8, 4) is 11.5 Å². The molecular weight excluding hydrogens is 478 g/mol. The van der Waals surface area contributed by atoms with Crippen LogP contribution in [0.15, 0.2) is 71.6 Å². The lowest BCUT2D eigenvalue weighted by molar-refractivity contribution is -0.113. The highest BCUT2D eigenvalue weighted by molar-refractivity contribution is 8.19. The summed E-state index contributed by atoms with van der Waals surface area (Å²) in [5.74, 6) is -0.490. The van der Waals surface area contributed by atoms with E-state index in [0.717, 1.165) is 22.2 Å². The second-order valence-corrected chi connectivity index (χ2v) is 8.63. The molecule has 4 rings (SSSR count). The second kappa shape index (κ2) is 10.0. The Morgan fingerprint density at radius 3 is 2.50 bits per heavy atom. The highest BCUT2D eigenvalue weighted by Crippen LogP contribution is 2.37. The highest BCUT2D eigenvalue weighted by atomic mass is 35.5. The number of imide groups is 1. The molecule has 0 radical (unpaired) electrons. The molecule has 34 heavy (non-hydrogen) atoms. The summed E-state index contributed by atoms with van der Waals surface area (Å²) < 4.78 is 11.2. The van der Waals surface area contributed by atoms with Crippen LogP contribution in [-0.2, 0) is 11.4 Å². The Morgan fingerprint density at radius 1 is 1.06 bits per heavy atom. The normalized spacial score (nSPS) is 14.5. The largest absolute Gasteiger partial charge is 0.493 e. The second-order valence-electron chi connectivity index (χ2n) is 7.20. The number of hydrogen-bond donors (Lipinski definition) is 1. The first-order valence-electron chi connectivity index (χ1n) is 10.0. The summed E-state index contributed by atoms with van der Waals surface area (Å²) in [6.07, 6.45) is 1.62. The molecule has 0 saturated carbocycles. The molecule has 7 nitrogen and oxygen atoms in total. The van der Waals surface area contributed by atoms with Gasteiger partial charge in [-0.2, -0.15) is 0 Å². The molecule has 2 amide bonds. The number of carbonyl (C=O) groups is 3. The molecule has 1 saturated heterocycles. The summed E-state index contributed by atoms with van der Waals surface area (Å²) in [5.41, 5.74) is 2.07. The number of amides is 2. The lowest BCUT2D eigenvalue weighted by Crippen LogP contribution is -2.27. The number of carboxylic acids is 1. The van der Waals surface area contributed by atoms with Crippen molar-refractivity contribution in [3.05, 3.63) is 93.3 Å². The minimum atomic E-state index is -0.991. The summed E-state index contributed by atoms with van der Waals surface area (Å²) in [4.78, 5) is 37.7. The predicted molar refractivity (Wildman–Crippen MR) is 131 cm³/mol. The van der Waals surface area contributed by atoms with Crippen LogP contribution < -0.4 is 14.4 Å². The molecule has 0 unspecified atom stereocenters. The number of methoxy groups -OCH3 is 1. The Balaban J connectivity index is 1.50. The van der Waals surface area contributed by atoms with Gasteiger partial charge >= 0.3 is 5.97 Å². The lowest BCUT2D eigenvalue weighted by atomic mass is 10.1. The number of benzene rings is 3. The average Bonchev–Trinajstić information content (AvgIpc) is 3.10. The van der Waals surface area contributed by atoms with Gasteiger partial charge in [0.25, 0.3) is 11.1 Å². The fourth-order valence-electron chi connectivity index (χ4n) is 3.25. The molecule has 0 spiro atoms. The quantitative estimate of drug-likeness (QED) is 0.410. The molecule has 1 fully saturated rings. The highest BCUT2D eigenvalue weighted by Gasteiger charge is 2.36. The van der Waals surface area contributed by atoms with E-state index in [2.05, 4.69) is 0 Å². The third kappa shape index (κ3) is 5.08. The van der Waals surface area contributed by atoms with Crippen molar-refractivity contribution >= 4 is 52.2 Å². The summed E-state index contributed by atoms with van der Waals surface area (Å²) in [6, 6.07) is 18.1. The van der Waals surface area contributed by atoms with Crippen LogP contribution >= 0.6 is 23.4 Å². The SMILES string of the molecule is COc1cc(C=C2SC(=O)N(c3cccc(Cl)c3)C2=O)ccc1OCc1ccc(C(=O)O)cc1. The van der Waals surface area contributed by atoms with Gasteiger partial charge in [-0.15, -0.1) is 0 Å². The number of halogens is 1. The summed E-state index contributed by atoms with van der Waals surface area (Å²) >= 11 is 6.84. The number of ether oxygens (including phenoxy) is 2. The summed E-state index contributed by atoms with van der Waals surface area (Å²) in [7, 11) is 1.50. The molecule has 1 aliphatic rings. The van der Waals surface area contributed by atoms with E-state index in [1.165, 1.54) is 19.2 Å². The molecule has 172 valence electrons. The van der Waals surface area contributed by atoms with E-state index in [4.69, 9.17) is 26.2 Å². The van der Waals surface area contributed by atoms with Gasteiger partial charge in [0, 0.05) is 5.02 Å². The van der Waals surface area contributed by atoms with Crippen LogP contribution in [0.2, 0.25) is 5.02 Å². The Bertz CT molecular complexity index is 1310. The van der Waals surface area contributed by atoms with Crippen LogP contribution in [0, 0.1) is 0 Å². The molecule has 1 heterocycles. The Kier molecular flexibility index (Phi) is 6.90. The van der Waals surface area contributed by atoms with Crippen molar-refractivity contribution in [2.45, 2.75) is 6.61 Å². The number of nitrogens with zero attached hydrogens (tertiary/aromatic N) is 1. The zero-order valence-corrected chi connectivity index (χ0v) is 19.4. The third-order valence-corrected chi connectivity index (χ3v) is 6.05. The average molecular weight is 496 g/mol. The van der Waals surface area contributed by atoms with Crippen molar-refractivity contribution in [1.29, 1.82) is 0 Å². The maximum absolute atomic E-state index is 12.9. The van der Waals surface area contributed by atoms with Gasteiger partial charge in [0.1, 0.15) is 6.61 Å². The molecule has 0 aliphatic carbocycles. The van der Waals surface area contributed by atoms with Gasteiger partial charge in [-0.1, -0.05) is 35.9 Å². The van der Waals surface area contributed by atoms with Crippen LogP contribution in [0.25, 0.3) is 6.08 Å². The predicted octanol–water partition coefficient (Wildman–Crippen LogP) is 5.87. The number of hydrogen-bond acceptors (Lipinski definition) is 6. The molecule has 1 N–H and O–H groups in total. The Hall–Kier alpha value is -3.75. The molecule has 0 bridgehead atoms. The van der Waals surface area contributed by atoms with Gasteiger partial charge in [0.15, 0.2) is 11.5 Å². The van der Waals surface area contributed by atoms with Crippen molar-refractivity contribution < 1.29 is 29.0 Å². The summed E-state index contributed by atoms with van der Waals surface area (Å²) in [5, 5.41) is 9.02. The molecule has 0 aromatic heterocycles. The maximum Gasteiger partial charge on any atom is 0.335 e. The van der Waals surface area contributed by atoms with Gasteiger partial charge in [0.2, 0.25) is 0 Å². The van der Waals surface area contributed by atoms with E-state index in [0.29, 0.717) is 27.8 Å². The Labute approximate surface area is 204 Å². The maximum atomic E-state index is 12.9. The van der Waals surface area contributed by atoms with Crippen LogP contribution in [0.1, 0.15) is 21.5 Å². The molecule has 3 aromatic rings. The zero-order valence-electron chi connectivity index (χ0n) is 17.9. The number of carboxylic acid groups (broad SMARTS) is 1. The van der Waals surface area contributed by atoms with E-state index in [9.17, 15) is 14.4 Å². The lowest BCUT2D eigenvalue weighted by Gasteiger charge is -2.12. The monoisotopic (exact) mass is 495 g/mol. The van der Waals surface area contributed by atoms with E-state index in [1.807, 2.05) is 0 Å². The minimum absolute atomic E-state index is 0.199. The van der Waals surface area contributed by atoms with Gasteiger partial charge in [-0.25, -0.2) is 9.69 Å². The van der Waals surface area contributed by atoms with Crippen molar-refractivity contribution in [2.75, 3.05) is 12.0 Å². The van der Waals surface area contributed by atoms with Gasteiger partial charge in [-0.3, -0.25) is 9.59 Å². The van der Waals surface area contributed by atoms with Crippen molar-refractivity contribution in [1.82, 2.24) is 0 Å². The number of thioether (sulfide) groups is 1. The van der Waals surface area contributed by atoms with Crippen molar-refractivity contribution in [3.63, 3.8) is 0 Å². The first-order valence-corrected chi connectivity index (χ1v) is 11.2. The number of rotatable bonds is 7. The zero-order chi connectivity index (χ0) is 24.2. The Morgan fingerprint density at radius 2 is 1.82 bits per heavy atom. The van der Waals surface area contributed by atoms with Crippen LogP contribution in [-0.4, -0.2) is 29.3 Å². The topological polar surface area (TPSA) is 93.1 Å². The van der Waals surface area contributed by atoms with Gasteiger partial charge in [0.05, 0.1) is 23.3 Å².